The maximum absolute atomic E-state index is 12.9. The van der Waals surface area contributed by atoms with Gasteiger partial charge in [0.15, 0.2) is 0 Å². The predicted molar refractivity (Wildman–Crippen MR) is 116 cm³/mol. The van der Waals surface area contributed by atoms with Crippen molar-refractivity contribution in [1.82, 2.24) is 25.0 Å². The van der Waals surface area contributed by atoms with Crippen LogP contribution in [-0.2, 0) is 14.3 Å². The lowest BCUT2D eigenvalue weighted by atomic mass is 9.92. The van der Waals surface area contributed by atoms with Crippen LogP contribution in [0.3, 0.4) is 0 Å². The van der Waals surface area contributed by atoms with Crippen LogP contribution in [0.25, 0.3) is 11.3 Å². The van der Waals surface area contributed by atoms with Gasteiger partial charge in [0.1, 0.15) is 5.69 Å². The van der Waals surface area contributed by atoms with Crippen molar-refractivity contribution < 1.29 is 19.1 Å². The molecule has 1 N–H and O–H groups in total. The zero-order valence-electron chi connectivity index (χ0n) is 18.3. The first-order valence-corrected chi connectivity index (χ1v) is 11.3. The van der Waals surface area contributed by atoms with Crippen LogP contribution in [0.2, 0.25) is 0 Å². The van der Waals surface area contributed by atoms with E-state index >= 15 is 0 Å². The minimum absolute atomic E-state index is 0.0765. The summed E-state index contributed by atoms with van der Waals surface area (Å²) in [6, 6.07) is 5.44. The number of H-pyrrole nitrogens is 1. The molecule has 0 saturated carbocycles. The fourth-order valence-corrected chi connectivity index (χ4v) is 4.46. The Morgan fingerprint density at radius 3 is 2.28 bits per heavy atom. The summed E-state index contributed by atoms with van der Waals surface area (Å²) in [4.78, 5) is 45.4. The van der Waals surface area contributed by atoms with Crippen molar-refractivity contribution in [1.29, 1.82) is 0 Å². The predicted octanol–water partition coefficient (Wildman–Crippen LogP) is 2.13. The van der Waals surface area contributed by atoms with Crippen LogP contribution in [0, 0.1) is 11.8 Å². The van der Waals surface area contributed by atoms with E-state index in [1.54, 1.807) is 30.3 Å². The van der Waals surface area contributed by atoms with Crippen LogP contribution in [-0.4, -0.2) is 75.6 Å². The quantitative estimate of drug-likeness (QED) is 0.715. The summed E-state index contributed by atoms with van der Waals surface area (Å²) in [7, 11) is 0. The summed E-state index contributed by atoms with van der Waals surface area (Å²) < 4.78 is 5.10. The van der Waals surface area contributed by atoms with Crippen molar-refractivity contribution >= 4 is 17.8 Å². The molecule has 2 aliphatic rings. The topological polar surface area (TPSA) is 108 Å². The third-order valence-corrected chi connectivity index (χ3v) is 6.34. The van der Waals surface area contributed by atoms with Crippen molar-refractivity contribution in [3.8, 4) is 11.3 Å². The van der Waals surface area contributed by atoms with Gasteiger partial charge in [-0.25, -0.2) is 0 Å². The number of piperidine rings is 2. The fraction of sp³-hybridized carbons (Fsp3) is 0.522. The molecule has 170 valence electrons. The van der Waals surface area contributed by atoms with Crippen molar-refractivity contribution in [3.63, 3.8) is 0 Å². The Morgan fingerprint density at radius 2 is 1.62 bits per heavy atom. The number of carbonyl (C=O) groups excluding carboxylic acids is 3. The number of hydrogen-bond donors (Lipinski definition) is 1. The normalized spacial score (nSPS) is 17.9. The highest BCUT2D eigenvalue weighted by molar-refractivity contribution is 5.93. The van der Waals surface area contributed by atoms with Gasteiger partial charge in [-0.05, 0) is 50.8 Å². The number of rotatable bonds is 5. The maximum atomic E-state index is 12.9. The zero-order chi connectivity index (χ0) is 22.5. The van der Waals surface area contributed by atoms with Gasteiger partial charge in [0.05, 0.1) is 18.2 Å². The van der Waals surface area contributed by atoms with Crippen LogP contribution in [0.5, 0.6) is 0 Å². The molecule has 9 heteroatoms. The van der Waals surface area contributed by atoms with E-state index in [2.05, 4.69) is 15.2 Å². The van der Waals surface area contributed by atoms with Gasteiger partial charge in [-0.1, -0.05) is 0 Å². The summed E-state index contributed by atoms with van der Waals surface area (Å²) in [6.45, 7) is 4.45. The Bertz CT molecular complexity index is 944. The molecule has 4 rings (SSSR count). The lowest BCUT2D eigenvalue weighted by Gasteiger charge is -2.36. The summed E-state index contributed by atoms with van der Waals surface area (Å²) >= 11 is 0. The Balaban J connectivity index is 1.27. The molecule has 9 nitrogen and oxygen atoms in total. The molecule has 0 radical (unpaired) electrons. The third-order valence-electron chi connectivity index (χ3n) is 6.34. The van der Waals surface area contributed by atoms with Crippen LogP contribution in [0.1, 0.15) is 43.1 Å². The largest absolute Gasteiger partial charge is 0.466 e. The lowest BCUT2D eigenvalue weighted by molar-refractivity contribution is -0.152. The van der Waals surface area contributed by atoms with E-state index in [1.165, 1.54) is 0 Å². The second-order valence-corrected chi connectivity index (χ2v) is 8.32. The number of nitrogens with one attached hydrogen (secondary N) is 1. The molecule has 2 aromatic heterocycles. The minimum atomic E-state index is -0.155. The van der Waals surface area contributed by atoms with Gasteiger partial charge in [0.25, 0.3) is 5.91 Å². The fourth-order valence-electron chi connectivity index (χ4n) is 4.46. The number of aromatic nitrogens is 3. The number of likely N-dealkylation sites (tertiary alicyclic amines) is 2. The molecular formula is C23H29N5O4. The Hall–Kier alpha value is -3.23. The minimum Gasteiger partial charge on any atom is -0.466 e. The van der Waals surface area contributed by atoms with Gasteiger partial charge < -0.3 is 14.5 Å². The van der Waals surface area contributed by atoms with Crippen LogP contribution >= 0.6 is 0 Å². The van der Waals surface area contributed by atoms with Crippen molar-refractivity contribution in [3.05, 3.63) is 36.3 Å². The lowest BCUT2D eigenvalue weighted by Crippen LogP contribution is -2.47. The highest BCUT2D eigenvalue weighted by atomic mass is 16.5. The molecule has 2 amide bonds. The van der Waals surface area contributed by atoms with Crippen LogP contribution in [0.4, 0.5) is 0 Å². The molecule has 0 bridgehead atoms. The first-order valence-electron chi connectivity index (χ1n) is 11.3. The Morgan fingerprint density at radius 1 is 1.00 bits per heavy atom. The molecule has 0 spiro atoms. The average molecular weight is 440 g/mol. The number of amides is 2. The first kappa shape index (κ1) is 22.0. The Kier molecular flexibility index (Phi) is 6.82. The average Bonchev–Trinajstić information content (AvgIpc) is 3.34. The zero-order valence-corrected chi connectivity index (χ0v) is 18.3. The number of carbonyl (C=O) groups is 3. The molecule has 0 unspecified atom stereocenters. The molecule has 2 fully saturated rings. The van der Waals surface area contributed by atoms with Crippen molar-refractivity contribution in [2.75, 3.05) is 32.8 Å². The summed E-state index contributed by atoms with van der Waals surface area (Å²) in [5, 5.41) is 7.08. The van der Waals surface area contributed by atoms with Gasteiger partial charge in [-0.3, -0.25) is 24.5 Å². The van der Waals surface area contributed by atoms with Gasteiger partial charge in [-0.2, -0.15) is 5.10 Å². The van der Waals surface area contributed by atoms with E-state index in [-0.39, 0.29) is 29.6 Å². The van der Waals surface area contributed by atoms with Gasteiger partial charge in [-0.15, -0.1) is 0 Å². The van der Waals surface area contributed by atoms with Crippen LogP contribution < -0.4 is 0 Å². The van der Waals surface area contributed by atoms with Gasteiger partial charge in [0.2, 0.25) is 5.91 Å². The molecule has 0 atom stereocenters. The highest BCUT2D eigenvalue weighted by Crippen LogP contribution is 2.25. The number of hydrogen-bond acceptors (Lipinski definition) is 6. The summed E-state index contributed by atoms with van der Waals surface area (Å²) in [6.07, 6.45) is 5.98. The number of aromatic amines is 1. The summed E-state index contributed by atoms with van der Waals surface area (Å²) in [5.74, 6) is -0.297. The van der Waals surface area contributed by atoms with Gasteiger partial charge in [0, 0.05) is 50.1 Å². The number of ether oxygens (including phenoxy) is 1. The Labute approximate surface area is 187 Å². The van der Waals surface area contributed by atoms with Crippen LogP contribution in [0.15, 0.2) is 30.6 Å². The number of nitrogens with zero attached hydrogens (tertiary/aromatic N) is 4. The SMILES string of the molecule is CCOC(=O)C1CCN(C(=O)C2CCN(C(=O)c3cc(-c4ccncc4)n[nH]3)CC2)CC1. The van der Waals surface area contributed by atoms with Crippen molar-refractivity contribution in [2.24, 2.45) is 11.8 Å². The molecule has 32 heavy (non-hydrogen) atoms. The molecule has 0 aliphatic carbocycles. The number of esters is 1. The maximum Gasteiger partial charge on any atom is 0.309 e. The van der Waals surface area contributed by atoms with E-state index in [1.807, 2.05) is 17.0 Å². The van der Waals surface area contributed by atoms with E-state index in [9.17, 15) is 14.4 Å². The third kappa shape index (κ3) is 4.81. The van der Waals surface area contributed by atoms with E-state index in [0.717, 1.165) is 5.56 Å². The monoisotopic (exact) mass is 439 g/mol. The first-order chi connectivity index (χ1) is 15.6. The number of pyridine rings is 1. The van der Waals surface area contributed by atoms with Gasteiger partial charge >= 0.3 is 5.97 Å². The molecule has 2 saturated heterocycles. The summed E-state index contributed by atoms with van der Waals surface area (Å²) in [5.41, 5.74) is 2.04. The molecule has 4 heterocycles. The van der Waals surface area contributed by atoms with Crippen molar-refractivity contribution in [2.45, 2.75) is 32.6 Å². The standard InChI is InChI=1S/C23H29N5O4/c1-2-32-23(31)18-7-13-27(14-8-18)21(29)17-5-11-28(12-6-17)22(30)20-15-19(25-26-20)16-3-9-24-10-4-16/h3-4,9-10,15,17-18H,2,5-8,11-14H2,1H3,(H,25,26). The molecular weight excluding hydrogens is 410 g/mol. The highest BCUT2D eigenvalue weighted by Gasteiger charge is 2.34. The molecule has 2 aliphatic heterocycles. The van der Waals surface area contributed by atoms with E-state index in [0.29, 0.717) is 69.9 Å². The molecule has 0 aromatic carbocycles. The molecule has 2 aromatic rings. The van der Waals surface area contributed by atoms with E-state index in [4.69, 9.17) is 4.74 Å². The van der Waals surface area contributed by atoms with E-state index < -0.39 is 0 Å². The smallest absolute Gasteiger partial charge is 0.309 e. The second kappa shape index (κ2) is 9.93. The second-order valence-electron chi connectivity index (χ2n) is 8.32.